The number of hydrogen-bond acceptors (Lipinski definition) is 3. The first-order valence-corrected chi connectivity index (χ1v) is 7.43. The van der Waals surface area contributed by atoms with Crippen molar-refractivity contribution >= 4 is 11.3 Å². The minimum absolute atomic E-state index is 0.475. The van der Waals surface area contributed by atoms with Crippen molar-refractivity contribution in [2.75, 3.05) is 0 Å². The molecule has 1 saturated carbocycles. The molecule has 0 aromatic carbocycles. The smallest absolute Gasteiger partial charge is 0.109 e. The summed E-state index contributed by atoms with van der Waals surface area (Å²) in [4.78, 5) is 4.43. The van der Waals surface area contributed by atoms with Gasteiger partial charge in [0, 0.05) is 17.6 Å². The SMILES string of the molecule is CCC(NC1CCCCCC1)c1nccs1. The number of hydrogen-bond donors (Lipinski definition) is 1. The summed E-state index contributed by atoms with van der Waals surface area (Å²) in [5, 5.41) is 7.13. The number of nitrogens with one attached hydrogen (secondary N) is 1. The van der Waals surface area contributed by atoms with Crippen LogP contribution >= 0.6 is 11.3 Å². The van der Waals surface area contributed by atoms with Crippen molar-refractivity contribution in [2.45, 2.75) is 64.0 Å². The zero-order valence-electron chi connectivity index (χ0n) is 10.1. The van der Waals surface area contributed by atoms with Crippen molar-refractivity contribution in [3.8, 4) is 0 Å². The quantitative estimate of drug-likeness (QED) is 0.805. The van der Waals surface area contributed by atoms with E-state index in [0.717, 1.165) is 12.5 Å². The Hall–Kier alpha value is -0.410. The van der Waals surface area contributed by atoms with E-state index in [1.807, 2.05) is 6.20 Å². The van der Waals surface area contributed by atoms with Crippen LogP contribution in [0, 0.1) is 0 Å². The normalized spacial score (nSPS) is 20.6. The Labute approximate surface area is 102 Å². The zero-order chi connectivity index (χ0) is 11.2. The second-order valence-corrected chi connectivity index (χ2v) is 5.61. The average Bonchev–Trinajstić information content (AvgIpc) is 2.71. The van der Waals surface area contributed by atoms with Gasteiger partial charge in [-0.25, -0.2) is 4.98 Å². The summed E-state index contributed by atoms with van der Waals surface area (Å²) in [7, 11) is 0. The van der Waals surface area contributed by atoms with Crippen LogP contribution in [0.1, 0.15) is 62.9 Å². The van der Waals surface area contributed by atoms with Gasteiger partial charge in [-0.2, -0.15) is 0 Å². The molecule has 1 aromatic rings. The molecule has 1 aromatic heterocycles. The molecule has 0 spiro atoms. The third-order valence-electron chi connectivity index (χ3n) is 3.45. The molecule has 2 nitrogen and oxygen atoms in total. The third-order valence-corrected chi connectivity index (χ3v) is 4.34. The largest absolute Gasteiger partial charge is 0.305 e. The van der Waals surface area contributed by atoms with Gasteiger partial charge in [0.2, 0.25) is 0 Å². The van der Waals surface area contributed by atoms with Crippen molar-refractivity contribution in [3.05, 3.63) is 16.6 Å². The zero-order valence-corrected chi connectivity index (χ0v) is 10.9. The Bertz CT molecular complexity index is 276. The van der Waals surface area contributed by atoms with E-state index in [1.54, 1.807) is 11.3 Å². The van der Waals surface area contributed by atoms with Gasteiger partial charge in [0.15, 0.2) is 0 Å². The van der Waals surface area contributed by atoms with Gasteiger partial charge in [-0.1, -0.05) is 32.6 Å². The lowest BCUT2D eigenvalue weighted by Crippen LogP contribution is -2.32. The second kappa shape index (κ2) is 6.36. The fraction of sp³-hybridized carbons (Fsp3) is 0.769. The molecule has 1 N–H and O–H groups in total. The number of nitrogens with zero attached hydrogens (tertiary/aromatic N) is 1. The summed E-state index contributed by atoms with van der Waals surface area (Å²) in [6.45, 7) is 2.25. The van der Waals surface area contributed by atoms with E-state index in [9.17, 15) is 0 Å². The van der Waals surface area contributed by atoms with Gasteiger partial charge in [-0.3, -0.25) is 0 Å². The van der Waals surface area contributed by atoms with Crippen LogP contribution in [0.4, 0.5) is 0 Å². The van der Waals surface area contributed by atoms with Gasteiger partial charge in [-0.15, -0.1) is 11.3 Å². The van der Waals surface area contributed by atoms with E-state index in [2.05, 4.69) is 22.6 Å². The summed E-state index contributed by atoms with van der Waals surface area (Å²) < 4.78 is 0. The molecule has 2 rings (SSSR count). The van der Waals surface area contributed by atoms with Gasteiger partial charge in [0.25, 0.3) is 0 Å². The first kappa shape index (κ1) is 12.1. The maximum absolute atomic E-state index is 4.43. The predicted molar refractivity (Wildman–Crippen MR) is 69.8 cm³/mol. The maximum Gasteiger partial charge on any atom is 0.109 e. The van der Waals surface area contributed by atoms with Gasteiger partial charge < -0.3 is 5.32 Å². The summed E-state index contributed by atoms with van der Waals surface area (Å²) in [6, 6.07) is 1.19. The first-order valence-electron chi connectivity index (χ1n) is 6.55. The number of rotatable bonds is 4. The van der Waals surface area contributed by atoms with Crippen molar-refractivity contribution in [3.63, 3.8) is 0 Å². The third kappa shape index (κ3) is 3.29. The standard InChI is InChI=1S/C13H22N2S/c1-2-12(13-14-9-10-16-13)15-11-7-5-3-4-6-8-11/h9-12,15H,2-8H2,1H3. The highest BCUT2D eigenvalue weighted by atomic mass is 32.1. The molecule has 0 radical (unpaired) electrons. The Morgan fingerprint density at radius 1 is 1.38 bits per heavy atom. The van der Waals surface area contributed by atoms with Crippen LogP contribution in [0.2, 0.25) is 0 Å². The number of thiazole rings is 1. The molecule has 1 aliphatic rings. The van der Waals surface area contributed by atoms with Crippen molar-refractivity contribution in [1.29, 1.82) is 0 Å². The highest BCUT2D eigenvalue weighted by molar-refractivity contribution is 7.09. The lowest BCUT2D eigenvalue weighted by Gasteiger charge is -2.22. The lowest BCUT2D eigenvalue weighted by molar-refractivity contribution is 0.391. The van der Waals surface area contributed by atoms with Crippen molar-refractivity contribution < 1.29 is 0 Å². The Morgan fingerprint density at radius 2 is 2.12 bits per heavy atom. The van der Waals surface area contributed by atoms with Gasteiger partial charge in [0.05, 0.1) is 6.04 Å². The van der Waals surface area contributed by atoms with Gasteiger partial charge in [-0.05, 0) is 19.3 Å². The molecular weight excluding hydrogens is 216 g/mol. The molecule has 90 valence electrons. The summed E-state index contributed by atoms with van der Waals surface area (Å²) in [6.07, 6.45) is 11.4. The Balaban J connectivity index is 1.90. The van der Waals surface area contributed by atoms with E-state index in [4.69, 9.17) is 0 Å². The van der Waals surface area contributed by atoms with Gasteiger partial charge >= 0.3 is 0 Å². The van der Waals surface area contributed by atoms with E-state index < -0.39 is 0 Å². The molecule has 0 aliphatic heterocycles. The molecular formula is C13H22N2S. The molecule has 0 saturated heterocycles. The van der Waals surface area contributed by atoms with Gasteiger partial charge in [0.1, 0.15) is 5.01 Å². The summed E-state index contributed by atoms with van der Waals surface area (Å²) >= 11 is 1.78. The van der Waals surface area contributed by atoms with E-state index >= 15 is 0 Å². The monoisotopic (exact) mass is 238 g/mol. The van der Waals surface area contributed by atoms with E-state index in [0.29, 0.717) is 6.04 Å². The fourth-order valence-corrected chi connectivity index (χ4v) is 3.28. The Morgan fingerprint density at radius 3 is 2.69 bits per heavy atom. The maximum atomic E-state index is 4.43. The molecule has 1 fully saturated rings. The average molecular weight is 238 g/mol. The first-order chi connectivity index (χ1) is 7.90. The predicted octanol–water partition coefficient (Wildman–Crippen LogP) is 3.91. The summed E-state index contributed by atoms with van der Waals surface area (Å²) in [5.74, 6) is 0. The summed E-state index contributed by atoms with van der Waals surface area (Å²) in [5.41, 5.74) is 0. The van der Waals surface area contributed by atoms with Crippen LogP contribution in [-0.2, 0) is 0 Å². The van der Waals surface area contributed by atoms with Crippen molar-refractivity contribution in [1.82, 2.24) is 10.3 Å². The lowest BCUT2D eigenvalue weighted by atomic mass is 10.1. The molecule has 1 atom stereocenters. The van der Waals surface area contributed by atoms with Crippen LogP contribution in [-0.4, -0.2) is 11.0 Å². The molecule has 16 heavy (non-hydrogen) atoms. The molecule has 1 unspecified atom stereocenters. The van der Waals surface area contributed by atoms with Crippen LogP contribution in [0.15, 0.2) is 11.6 Å². The van der Waals surface area contributed by atoms with Crippen molar-refractivity contribution in [2.24, 2.45) is 0 Å². The fourth-order valence-electron chi connectivity index (χ4n) is 2.50. The van der Waals surface area contributed by atoms with Crippen LogP contribution < -0.4 is 5.32 Å². The molecule has 0 amide bonds. The highest BCUT2D eigenvalue weighted by Crippen LogP contribution is 2.23. The van der Waals surface area contributed by atoms with E-state index in [-0.39, 0.29) is 0 Å². The van der Waals surface area contributed by atoms with Crippen LogP contribution in [0.25, 0.3) is 0 Å². The highest BCUT2D eigenvalue weighted by Gasteiger charge is 2.18. The topological polar surface area (TPSA) is 24.9 Å². The Kier molecular flexibility index (Phi) is 4.79. The minimum Gasteiger partial charge on any atom is -0.305 e. The minimum atomic E-state index is 0.475. The van der Waals surface area contributed by atoms with Crippen LogP contribution in [0.5, 0.6) is 0 Å². The molecule has 3 heteroatoms. The molecule has 0 bridgehead atoms. The molecule has 1 aliphatic carbocycles. The second-order valence-electron chi connectivity index (χ2n) is 4.69. The number of aromatic nitrogens is 1. The van der Waals surface area contributed by atoms with Crippen LogP contribution in [0.3, 0.4) is 0 Å². The molecule has 1 heterocycles. The van der Waals surface area contributed by atoms with E-state index in [1.165, 1.54) is 43.5 Å².